The Bertz CT molecular complexity index is 776. The van der Waals surface area contributed by atoms with Gasteiger partial charge in [0.1, 0.15) is 0 Å². The summed E-state index contributed by atoms with van der Waals surface area (Å²) in [5, 5.41) is 11.4. The third kappa shape index (κ3) is 4.78. The highest BCUT2D eigenvalue weighted by Crippen LogP contribution is 2.23. The number of carbonyl (C=O) groups excluding carboxylic acids is 2. The summed E-state index contributed by atoms with van der Waals surface area (Å²) in [5.74, 6) is -2.95. The van der Waals surface area contributed by atoms with E-state index < -0.39 is 27.7 Å². The van der Waals surface area contributed by atoms with Gasteiger partial charge in [0.15, 0.2) is 5.57 Å². The molecular weight excluding hydrogens is 352 g/mol. The van der Waals surface area contributed by atoms with Crippen molar-refractivity contribution in [2.24, 2.45) is 0 Å². The van der Waals surface area contributed by atoms with Crippen LogP contribution in [0.2, 0.25) is 0 Å². The quantitative estimate of drug-likeness (QED) is 0.365. The van der Waals surface area contributed by atoms with E-state index in [1.54, 1.807) is 0 Å². The molecule has 0 atom stereocenters. The number of ether oxygens (including phenoxy) is 2. The molecule has 1 aromatic rings. The van der Waals surface area contributed by atoms with Gasteiger partial charge in [-0.25, -0.2) is 22.7 Å². The van der Waals surface area contributed by atoms with Gasteiger partial charge in [-0.2, -0.15) is 0 Å². The molecule has 10 heteroatoms. The highest BCUT2D eigenvalue weighted by Gasteiger charge is 2.38. The monoisotopic (exact) mass is 370 g/mol. The van der Waals surface area contributed by atoms with Crippen LogP contribution in [-0.4, -0.2) is 44.4 Å². The number of nitrogens with one attached hydrogen (secondary N) is 2. The zero-order valence-corrected chi connectivity index (χ0v) is 14.4. The maximum atomic E-state index is 11.9. The summed E-state index contributed by atoms with van der Waals surface area (Å²) in [6.45, 7) is 2.48. The van der Waals surface area contributed by atoms with Crippen LogP contribution < -0.4 is 10.0 Å². The first-order valence-corrected chi connectivity index (χ1v) is 8.77. The van der Waals surface area contributed by atoms with Crippen molar-refractivity contribution in [2.75, 3.05) is 18.5 Å². The van der Waals surface area contributed by atoms with Gasteiger partial charge in [0.25, 0.3) is 5.79 Å². The van der Waals surface area contributed by atoms with Gasteiger partial charge in [-0.05, 0) is 24.3 Å². The topological polar surface area (TPSA) is 131 Å². The predicted molar refractivity (Wildman–Crippen MR) is 86.7 cm³/mol. The zero-order valence-electron chi connectivity index (χ0n) is 13.6. The van der Waals surface area contributed by atoms with E-state index in [9.17, 15) is 18.0 Å². The van der Waals surface area contributed by atoms with Crippen LogP contribution in [0.4, 0.5) is 5.69 Å². The fourth-order valence-corrected chi connectivity index (χ4v) is 2.95. The van der Waals surface area contributed by atoms with Crippen molar-refractivity contribution in [2.45, 2.75) is 24.5 Å². The van der Waals surface area contributed by atoms with E-state index in [-0.39, 0.29) is 23.6 Å². The van der Waals surface area contributed by atoms with Crippen LogP contribution >= 0.6 is 0 Å². The summed E-state index contributed by atoms with van der Waals surface area (Å²) >= 11 is 0. The maximum absolute atomic E-state index is 11.9. The Morgan fingerprint density at radius 1 is 1.12 bits per heavy atom. The summed E-state index contributed by atoms with van der Waals surface area (Å²) in [6, 6.07) is 5.57. The van der Waals surface area contributed by atoms with Crippen LogP contribution in [0.5, 0.6) is 0 Å². The number of aliphatic hydroxyl groups is 1. The fourth-order valence-electron chi connectivity index (χ4n) is 1.93. The van der Waals surface area contributed by atoms with Crippen molar-refractivity contribution in [1.29, 1.82) is 0 Å². The number of benzene rings is 1. The molecule has 1 fully saturated rings. The van der Waals surface area contributed by atoms with Crippen LogP contribution in [0.3, 0.4) is 0 Å². The van der Waals surface area contributed by atoms with Gasteiger partial charge >= 0.3 is 11.9 Å². The van der Waals surface area contributed by atoms with Gasteiger partial charge in [-0.3, -0.25) is 0 Å². The average molecular weight is 370 g/mol. The Hall–Kier alpha value is -2.43. The number of rotatable bonds is 6. The van der Waals surface area contributed by atoms with Gasteiger partial charge < -0.3 is 19.9 Å². The normalized spacial score (nSPS) is 16.8. The smallest absolute Gasteiger partial charge is 0.350 e. The molecule has 3 N–H and O–H groups in total. The Morgan fingerprint density at radius 2 is 1.68 bits per heavy atom. The third-order valence-electron chi connectivity index (χ3n) is 3.07. The fraction of sp³-hybridized carbons (Fsp3) is 0.333. The molecule has 1 aliphatic heterocycles. The van der Waals surface area contributed by atoms with Crippen molar-refractivity contribution in [1.82, 2.24) is 4.72 Å². The van der Waals surface area contributed by atoms with Gasteiger partial charge in [-0.1, -0.05) is 0 Å². The molecule has 1 aliphatic rings. The highest BCUT2D eigenvalue weighted by atomic mass is 32.2. The Morgan fingerprint density at radius 3 is 2.20 bits per heavy atom. The number of carbonyl (C=O) groups is 2. The first-order chi connectivity index (χ1) is 11.6. The molecule has 136 valence electrons. The van der Waals surface area contributed by atoms with Crippen LogP contribution in [0.1, 0.15) is 13.8 Å². The van der Waals surface area contributed by atoms with E-state index in [0.717, 1.165) is 6.20 Å². The third-order valence-corrected chi connectivity index (χ3v) is 4.55. The lowest BCUT2D eigenvalue weighted by Crippen LogP contribution is -2.42. The molecule has 0 bridgehead atoms. The maximum Gasteiger partial charge on any atom is 0.350 e. The van der Waals surface area contributed by atoms with Crippen LogP contribution in [-0.2, 0) is 29.1 Å². The zero-order chi connectivity index (χ0) is 18.7. The van der Waals surface area contributed by atoms with Gasteiger partial charge in [0.2, 0.25) is 10.0 Å². The summed E-state index contributed by atoms with van der Waals surface area (Å²) in [4.78, 5) is 23.6. The minimum atomic E-state index is -3.71. The molecule has 1 heterocycles. The predicted octanol–water partition coefficient (Wildman–Crippen LogP) is 0.0891. The van der Waals surface area contributed by atoms with Crippen molar-refractivity contribution in [3.8, 4) is 0 Å². The van der Waals surface area contributed by atoms with E-state index >= 15 is 0 Å². The standard InChI is InChI=1S/C15H18N2O7S/c1-15(2)23-13(19)12(14(20)24-15)9-16-10-3-5-11(6-4-10)25(21,22)17-7-8-18/h3-6,9,16-18H,7-8H2,1-2H3. The molecule has 0 radical (unpaired) electrons. The molecular formula is C15H18N2O7S. The molecule has 0 saturated carbocycles. The van der Waals surface area contributed by atoms with Crippen molar-refractivity contribution >= 4 is 27.6 Å². The molecule has 1 aromatic carbocycles. The number of sulfonamides is 1. The molecule has 0 unspecified atom stereocenters. The summed E-state index contributed by atoms with van der Waals surface area (Å²) in [6.07, 6.45) is 1.13. The Balaban J connectivity index is 2.09. The number of esters is 2. The lowest BCUT2D eigenvalue weighted by molar-refractivity contribution is -0.222. The minimum absolute atomic E-state index is 0.0115. The van der Waals surface area contributed by atoms with Gasteiger partial charge in [0, 0.05) is 32.3 Å². The second-order valence-electron chi connectivity index (χ2n) is 5.53. The second-order valence-corrected chi connectivity index (χ2v) is 7.29. The summed E-state index contributed by atoms with van der Waals surface area (Å²) in [7, 11) is -3.71. The number of anilines is 1. The Labute approximate surface area is 144 Å². The van der Waals surface area contributed by atoms with E-state index in [0.29, 0.717) is 5.69 Å². The van der Waals surface area contributed by atoms with Crippen molar-refractivity contribution < 1.29 is 32.6 Å². The lowest BCUT2D eigenvalue weighted by atomic mass is 10.2. The average Bonchev–Trinajstić information content (AvgIpc) is 2.51. The number of cyclic esters (lactones) is 2. The molecule has 0 spiro atoms. The van der Waals surface area contributed by atoms with E-state index in [1.165, 1.54) is 38.1 Å². The molecule has 2 rings (SSSR count). The van der Waals surface area contributed by atoms with Gasteiger partial charge in [0.05, 0.1) is 11.5 Å². The summed E-state index contributed by atoms with van der Waals surface area (Å²) < 4.78 is 35.9. The van der Waals surface area contributed by atoms with Crippen molar-refractivity contribution in [3.63, 3.8) is 0 Å². The molecule has 1 saturated heterocycles. The number of hydrogen-bond acceptors (Lipinski definition) is 8. The highest BCUT2D eigenvalue weighted by molar-refractivity contribution is 7.89. The number of aliphatic hydroxyl groups excluding tert-OH is 1. The molecule has 0 amide bonds. The van der Waals surface area contributed by atoms with Crippen molar-refractivity contribution in [3.05, 3.63) is 36.0 Å². The summed E-state index contributed by atoms with van der Waals surface area (Å²) in [5.41, 5.74) is 0.139. The Kier molecular flexibility index (Phi) is 5.45. The van der Waals surface area contributed by atoms with E-state index in [2.05, 4.69) is 10.0 Å². The largest absolute Gasteiger partial charge is 0.419 e. The first kappa shape index (κ1) is 18.9. The first-order valence-electron chi connectivity index (χ1n) is 7.28. The lowest BCUT2D eigenvalue weighted by Gasteiger charge is -2.29. The van der Waals surface area contributed by atoms with E-state index in [1.807, 2.05) is 0 Å². The molecule has 0 aliphatic carbocycles. The number of hydrogen-bond donors (Lipinski definition) is 3. The molecule has 9 nitrogen and oxygen atoms in total. The second kappa shape index (κ2) is 7.21. The molecule has 25 heavy (non-hydrogen) atoms. The van der Waals surface area contributed by atoms with Crippen LogP contribution in [0.15, 0.2) is 40.9 Å². The van der Waals surface area contributed by atoms with E-state index in [4.69, 9.17) is 14.6 Å². The van der Waals surface area contributed by atoms with Crippen LogP contribution in [0.25, 0.3) is 0 Å². The van der Waals surface area contributed by atoms with Crippen LogP contribution in [0, 0.1) is 0 Å². The van der Waals surface area contributed by atoms with Gasteiger partial charge in [-0.15, -0.1) is 0 Å². The minimum Gasteiger partial charge on any atom is -0.419 e. The SMILES string of the molecule is CC1(C)OC(=O)C(=CNc2ccc(S(=O)(=O)NCCO)cc2)C(=O)O1. The molecule has 0 aromatic heterocycles.